The van der Waals surface area contributed by atoms with Gasteiger partial charge in [0, 0.05) is 76.6 Å². The van der Waals surface area contributed by atoms with Crippen LogP contribution in [0.25, 0.3) is 159 Å². The molecule has 0 aliphatic heterocycles. The van der Waals surface area contributed by atoms with Gasteiger partial charge in [0.2, 0.25) is 0 Å². The third-order valence-corrected chi connectivity index (χ3v) is 17.5. The molecule has 0 unspecified atom stereocenters. The Kier molecular flexibility index (Phi) is 16.4. The fraction of sp³-hybridized carbons (Fsp3) is 0. The van der Waals surface area contributed by atoms with Crippen LogP contribution in [-0.4, -0.2) is 59.8 Å². The maximum Gasteiger partial charge on any atom is 0.164 e. The zero-order chi connectivity index (χ0) is 64.7. The van der Waals surface area contributed by atoms with Crippen LogP contribution >= 0.6 is 11.8 Å². The summed E-state index contributed by atoms with van der Waals surface area (Å²) in [6.07, 6.45) is 0. The van der Waals surface area contributed by atoms with Crippen LogP contribution < -0.4 is 0 Å². The monoisotopic (exact) mass is 1260 g/mol. The molecule has 16 aromatic rings. The molecule has 16 rings (SSSR count). The van der Waals surface area contributed by atoms with Crippen molar-refractivity contribution in [3.63, 3.8) is 0 Å². The second-order valence-corrected chi connectivity index (χ2v) is 23.9. The van der Waals surface area contributed by atoms with E-state index in [0.29, 0.717) is 69.9 Å². The van der Waals surface area contributed by atoms with Gasteiger partial charge in [-0.25, -0.2) is 59.8 Å². The Bertz CT molecular complexity index is 4610. The molecule has 0 atom stereocenters. The van der Waals surface area contributed by atoms with Gasteiger partial charge in [-0.3, -0.25) is 0 Å². The molecule has 456 valence electrons. The molecule has 0 radical (unpaired) electrons. The highest BCUT2D eigenvalue weighted by molar-refractivity contribution is 7.99. The van der Waals surface area contributed by atoms with E-state index in [2.05, 4.69) is 84.9 Å². The number of rotatable bonds is 16. The van der Waals surface area contributed by atoms with Crippen molar-refractivity contribution in [1.29, 1.82) is 0 Å². The SMILES string of the molecule is c1ccc(-c2nc(-c3ccccc3)nc(-c3cc(-c4nc(-c5ccccc5)nc(-c5ccccc5)n4)cc(-c4ccccc4Sc4ccccc4-c4cc(-c5nc(-c6ccccc6)nc(-c6ccccc6)n5)cc(-c5nc(-c6ccccc6)nc(-c6ccccc6)n5)c4)c3)n2)cc1. The van der Waals surface area contributed by atoms with Crippen LogP contribution in [0.5, 0.6) is 0 Å². The van der Waals surface area contributed by atoms with Crippen LogP contribution in [0.15, 0.2) is 337 Å². The highest BCUT2D eigenvalue weighted by Crippen LogP contribution is 2.44. The molecule has 0 aliphatic carbocycles. The van der Waals surface area contributed by atoms with Gasteiger partial charge in [0.15, 0.2) is 69.9 Å². The normalized spacial score (nSPS) is 11.1. The summed E-state index contributed by atoms with van der Waals surface area (Å²) in [4.78, 5) is 64.4. The van der Waals surface area contributed by atoms with E-state index < -0.39 is 0 Å². The van der Waals surface area contributed by atoms with Crippen LogP contribution in [0.2, 0.25) is 0 Å². The summed E-state index contributed by atoms with van der Waals surface area (Å²) in [5.74, 6) is 6.28. The lowest BCUT2D eigenvalue weighted by Crippen LogP contribution is -2.02. The van der Waals surface area contributed by atoms with Gasteiger partial charge in [-0.2, -0.15) is 0 Å². The van der Waals surface area contributed by atoms with Gasteiger partial charge in [-0.1, -0.05) is 291 Å². The Labute approximate surface area is 564 Å². The van der Waals surface area contributed by atoms with Crippen molar-refractivity contribution in [1.82, 2.24) is 59.8 Å². The minimum Gasteiger partial charge on any atom is -0.208 e. The second kappa shape index (κ2) is 26.9. The van der Waals surface area contributed by atoms with Crippen molar-refractivity contribution < 1.29 is 0 Å². The van der Waals surface area contributed by atoms with E-state index in [4.69, 9.17) is 59.8 Å². The quantitative estimate of drug-likeness (QED) is 0.0902. The first kappa shape index (κ1) is 59.1. The molecule has 0 spiro atoms. The summed E-state index contributed by atoms with van der Waals surface area (Å²) in [6.45, 7) is 0. The Morgan fingerprint density at radius 2 is 0.278 bits per heavy atom. The van der Waals surface area contributed by atoms with E-state index in [9.17, 15) is 0 Å². The smallest absolute Gasteiger partial charge is 0.164 e. The van der Waals surface area contributed by atoms with Crippen LogP contribution in [-0.2, 0) is 0 Å². The summed E-state index contributed by atoms with van der Waals surface area (Å²) in [5.41, 5.74) is 13.5. The summed E-state index contributed by atoms with van der Waals surface area (Å²) >= 11 is 1.67. The van der Waals surface area contributed by atoms with Crippen molar-refractivity contribution in [2.75, 3.05) is 0 Å². The van der Waals surface area contributed by atoms with Gasteiger partial charge in [0.05, 0.1) is 0 Å². The van der Waals surface area contributed by atoms with Crippen molar-refractivity contribution in [3.8, 4) is 159 Å². The van der Waals surface area contributed by atoms with Crippen molar-refractivity contribution >= 4 is 11.8 Å². The van der Waals surface area contributed by atoms with Crippen LogP contribution in [0, 0.1) is 0 Å². The molecule has 0 N–H and O–H groups in total. The molecule has 0 saturated heterocycles. The first-order valence-corrected chi connectivity index (χ1v) is 32.5. The Morgan fingerprint density at radius 1 is 0.134 bits per heavy atom. The zero-order valence-electron chi connectivity index (χ0n) is 52.0. The predicted octanol–water partition coefficient (Wildman–Crippen LogP) is 19.9. The number of nitrogens with zero attached hydrogens (tertiary/aromatic N) is 12. The lowest BCUT2D eigenvalue weighted by Gasteiger charge is -2.17. The maximum atomic E-state index is 5.27. The van der Waals surface area contributed by atoms with Crippen LogP contribution in [0.4, 0.5) is 0 Å². The van der Waals surface area contributed by atoms with Gasteiger partial charge in [0.25, 0.3) is 0 Å². The number of hydrogen-bond donors (Lipinski definition) is 0. The zero-order valence-corrected chi connectivity index (χ0v) is 52.8. The Balaban J connectivity index is 0.882. The third-order valence-electron chi connectivity index (χ3n) is 16.3. The molecule has 4 aromatic heterocycles. The molecule has 0 fully saturated rings. The van der Waals surface area contributed by atoms with Crippen LogP contribution in [0.1, 0.15) is 0 Å². The minimum absolute atomic E-state index is 0.484. The molecule has 0 amide bonds. The van der Waals surface area contributed by atoms with Gasteiger partial charge < -0.3 is 0 Å². The van der Waals surface area contributed by atoms with Gasteiger partial charge in [-0.15, -0.1) is 0 Å². The molecule has 12 nitrogen and oxygen atoms in total. The summed E-state index contributed by atoms with van der Waals surface area (Å²) in [7, 11) is 0. The molecule has 4 heterocycles. The highest BCUT2D eigenvalue weighted by atomic mass is 32.2. The Hall–Kier alpha value is -13.0. The summed E-state index contributed by atoms with van der Waals surface area (Å²) < 4.78 is 0. The highest BCUT2D eigenvalue weighted by Gasteiger charge is 2.23. The van der Waals surface area contributed by atoms with E-state index in [1.54, 1.807) is 11.8 Å². The number of aromatic nitrogens is 12. The van der Waals surface area contributed by atoms with E-state index in [-0.39, 0.29) is 0 Å². The number of benzene rings is 12. The Morgan fingerprint density at radius 3 is 0.464 bits per heavy atom. The molecule has 13 heteroatoms. The molecular formula is C84H54N12S. The fourth-order valence-corrected chi connectivity index (χ4v) is 12.7. The summed E-state index contributed by atoms with van der Waals surface area (Å²) in [5, 5.41) is 0. The standard InChI is InChI=1S/C84H54N12S/c1-9-29-55(30-10-1)73-85-74(56-31-11-2-12-32-56)90-81(89-73)65-49-63(50-66(53-65)82-91-75(57-33-13-3-14-34-57)86-76(92-82)58-35-15-4-16-36-58)69-45-25-27-47-71(69)97-72-48-28-26-46-70(72)64-51-67(83-93-77(59-37-17-5-18-38-59)87-78(94-83)60-39-19-6-20-40-60)54-68(52-64)84-95-79(61-41-21-7-22-42-61)88-80(96-84)62-43-23-8-24-44-62/h1-54H. The third kappa shape index (κ3) is 13.0. The average molecular weight is 1260 g/mol. The van der Waals surface area contributed by atoms with Gasteiger partial charge in [-0.05, 0) is 70.8 Å². The van der Waals surface area contributed by atoms with E-state index >= 15 is 0 Å². The van der Waals surface area contributed by atoms with Crippen molar-refractivity contribution in [2.45, 2.75) is 9.79 Å². The minimum atomic E-state index is 0.484. The van der Waals surface area contributed by atoms with Gasteiger partial charge in [0.1, 0.15) is 0 Å². The lowest BCUT2D eigenvalue weighted by atomic mass is 9.98. The van der Waals surface area contributed by atoms with E-state index in [1.165, 1.54) is 0 Å². The topological polar surface area (TPSA) is 155 Å². The van der Waals surface area contributed by atoms with E-state index in [0.717, 1.165) is 98.8 Å². The average Bonchev–Trinajstić information content (AvgIpc) is 0.851. The van der Waals surface area contributed by atoms with Crippen LogP contribution in [0.3, 0.4) is 0 Å². The predicted molar refractivity (Wildman–Crippen MR) is 387 cm³/mol. The second-order valence-electron chi connectivity index (χ2n) is 22.8. The van der Waals surface area contributed by atoms with Crippen molar-refractivity contribution in [3.05, 3.63) is 328 Å². The molecule has 0 bridgehead atoms. The molecule has 0 saturated carbocycles. The van der Waals surface area contributed by atoms with E-state index in [1.807, 2.05) is 243 Å². The molecule has 0 aliphatic rings. The molecular weight excluding hydrogens is 1210 g/mol. The first-order chi connectivity index (χ1) is 48.0. The summed E-state index contributed by atoms with van der Waals surface area (Å²) in [6, 6.07) is 110. The first-order valence-electron chi connectivity index (χ1n) is 31.7. The van der Waals surface area contributed by atoms with Gasteiger partial charge >= 0.3 is 0 Å². The maximum absolute atomic E-state index is 5.27. The van der Waals surface area contributed by atoms with Crippen molar-refractivity contribution in [2.24, 2.45) is 0 Å². The largest absolute Gasteiger partial charge is 0.208 e. The molecule has 12 aromatic carbocycles. The fourth-order valence-electron chi connectivity index (χ4n) is 11.5. The lowest BCUT2D eigenvalue weighted by molar-refractivity contribution is 1.07. The molecule has 97 heavy (non-hydrogen) atoms. The number of hydrogen-bond acceptors (Lipinski definition) is 13.